The van der Waals surface area contributed by atoms with Crippen LogP contribution in [0.15, 0.2) is 47.2 Å². The summed E-state index contributed by atoms with van der Waals surface area (Å²) in [4.78, 5) is 4.19. The van der Waals surface area contributed by atoms with E-state index in [2.05, 4.69) is 50.5 Å². The van der Waals surface area contributed by atoms with Crippen LogP contribution in [0.4, 0.5) is 5.69 Å². The van der Waals surface area contributed by atoms with Crippen molar-refractivity contribution in [2.45, 2.75) is 25.3 Å². The molecule has 0 amide bonds. The van der Waals surface area contributed by atoms with Crippen molar-refractivity contribution >= 4 is 21.6 Å². The zero-order chi connectivity index (χ0) is 12.4. The SMILES string of the molecule is Brc1ccc(NCc2ccc(C3CC3)cc2)cn1. The van der Waals surface area contributed by atoms with Crippen LogP contribution in [-0.2, 0) is 6.54 Å². The van der Waals surface area contributed by atoms with Crippen LogP contribution in [0.2, 0.25) is 0 Å². The van der Waals surface area contributed by atoms with Gasteiger partial charge in [0.25, 0.3) is 0 Å². The Kier molecular flexibility index (Phi) is 3.33. The summed E-state index contributed by atoms with van der Waals surface area (Å²) in [6, 6.07) is 12.9. The molecule has 0 unspecified atom stereocenters. The summed E-state index contributed by atoms with van der Waals surface area (Å²) in [7, 11) is 0. The first kappa shape index (κ1) is 11.7. The second-order valence-corrected chi connectivity index (χ2v) is 5.55. The maximum absolute atomic E-state index is 4.19. The van der Waals surface area contributed by atoms with Gasteiger partial charge in [-0.1, -0.05) is 24.3 Å². The fraction of sp³-hybridized carbons (Fsp3) is 0.267. The number of aromatic nitrogens is 1. The predicted octanol–water partition coefficient (Wildman–Crippen LogP) is 4.33. The number of nitrogens with zero attached hydrogens (tertiary/aromatic N) is 1. The molecule has 0 radical (unpaired) electrons. The second-order valence-electron chi connectivity index (χ2n) is 4.74. The van der Waals surface area contributed by atoms with Gasteiger partial charge in [0.1, 0.15) is 4.60 Å². The van der Waals surface area contributed by atoms with Gasteiger partial charge in [-0.3, -0.25) is 0 Å². The molecule has 0 spiro atoms. The van der Waals surface area contributed by atoms with E-state index in [1.165, 1.54) is 24.0 Å². The van der Waals surface area contributed by atoms with E-state index < -0.39 is 0 Å². The summed E-state index contributed by atoms with van der Waals surface area (Å²) in [6.45, 7) is 0.842. The van der Waals surface area contributed by atoms with Crippen molar-refractivity contribution in [3.63, 3.8) is 0 Å². The second kappa shape index (κ2) is 5.11. The lowest BCUT2D eigenvalue weighted by atomic mass is 10.1. The molecule has 0 atom stereocenters. The minimum absolute atomic E-state index is 0.836. The lowest BCUT2D eigenvalue weighted by molar-refractivity contribution is 1.09. The van der Waals surface area contributed by atoms with Gasteiger partial charge in [0.15, 0.2) is 0 Å². The van der Waals surface area contributed by atoms with Crippen molar-refractivity contribution in [2.75, 3.05) is 5.32 Å². The number of halogens is 1. The Hall–Kier alpha value is -1.35. The molecule has 18 heavy (non-hydrogen) atoms. The monoisotopic (exact) mass is 302 g/mol. The Morgan fingerprint density at radius 3 is 2.50 bits per heavy atom. The third kappa shape index (κ3) is 2.91. The number of pyridine rings is 1. The van der Waals surface area contributed by atoms with Crippen molar-refractivity contribution in [1.82, 2.24) is 4.98 Å². The van der Waals surface area contributed by atoms with Gasteiger partial charge in [-0.15, -0.1) is 0 Å². The molecule has 0 bridgehead atoms. The summed E-state index contributed by atoms with van der Waals surface area (Å²) < 4.78 is 0.863. The topological polar surface area (TPSA) is 24.9 Å². The van der Waals surface area contributed by atoms with Gasteiger partial charge in [-0.25, -0.2) is 4.98 Å². The van der Waals surface area contributed by atoms with E-state index in [-0.39, 0.29) is 0 Å². The van der Waals surface area contributed by atoms with Crippen LogP contribution < -0.4 is 5.32 Å². The number of benzene rings is 1. The molecule has 2 aromatic rings. The molecule has 0 saturated heterocycles. The van der Waals surface area contributed by atoms with E-state index in [1.54, 1.807) is 0 Å². The standard InChI is InChI=1S/C15H15BrN2/c16-15-8-7-14(10-18-15)17-9-11-1-3-12(4-2-11)13-5-6-13/h1-4,7-8,10,13,17H,5-6,9H2. The van der Waals surface area contributed by atoms with E-state index in [0.717, 1.165) is 22.8 Å². The molecule has 1 aliphatic carbocycles. The van der Waals surface area contributed by atoms with Crippen LogP contribution in [0.1, 0.15) is 29.9 Å². The van der Waals surface area contributed by atoms with Crippen LogP contribution in [0.25, 0.3) is 0 Å². The number of nitrogens with one attached hydrogen (secondary N) is 1. The van der Waals surface area contributed by atoms with Gasteiger partial charge in [-0.05, 0) is 57.9 Å². The largest absolute Gasteiger partial charge is 0.380 e. The molecule has 2 nitrogen and oxygen atoms in total. The minimum Gasteiger partial charge on any atom is -0.380 e. The van der Waals surface area contributed by atoms with Gasteiger partial charge in [-0.2, -0.15) is 0 Å². The molecular weight excluding hydrogens is 288 g/mol. The predicted molar refractivity (Wildman–Crippen MR) is 77.7 cm³/mol. The summed E-state index contributed by atoms with van der Waals surface area (Å²) >= 11 is 3.33. The van der Waals surface area contributed by atoms with Crippen molar-refractivity contribution in [3.8, 4) is 0 Å². The number of anilines is 1. The first-order valence-electron chi connectivity index (χ1n) is 6.25. The fourth-order valence-electron chi connectivity index (χ4n) is 2.01. The number of hydrogen-bond donors (Lipinski definition) is 1. The average Bonchev–Trinajstić information content (AvgIpc) is 3.23. The number of hydrogen-bond acceptors (Lipinski definition) is 2. The summed E-state index contributed by atoms with van der Waals surface area (Å²) in [6.07, 6.45) is 4.56. The molecule has 1 N–H and O–H groups in total. The third-order valence-corrected chi connectivity index (χ3v) is 3.72. The first-order valence-corrected chi connectivity index (χ1v) is 7.05. The van der Waals surface area contributed by atoms with E-state index in [0.29, 0.717) is 0 Å². The Labute approximate surface area is 116 Å². The van der Waals surface area contributed by atoms with Crippen molar-refractivity contribution < 1.29 is 0 Å². The minimum atomic E-state index is 0.836. The molecule has 1 aromatic carbocycles. The van der Waals surface area contributed by atoms with E-state index >= 15 is 0 Å². The van der Waals surface area contributed by atoms with Crippen LogP contribution in [0.3, 0.4) is 0 Å². The molecule has 1 fully saturated rings. The average molecular weight is 303 g/mol. The van der Waals surface area contributed by atoms with Gasteiger partial charge >= 0.3 is 0 Å². The Balaban J connectivity index is 1.60. The van der Waals surface area contributed by atoms with Crippen molar-refractivity contribution in [3.05, 3.63) is 58.3 Å². The lowest BCUT2D eigenvalue weighted by Crippen LogP contribution is -1.99. The van der Waals surface area contributed by atoms with Crippen LogP contribution in [0, 0.1) is 0 Å². The zero-order valence-corrected chi connectivity index (χ0v) is 11.7. The zero-order valence-electron chi connectivity index (χ0n) is 10.1. The highest BCUT2D eigenvalue weighted by Crippen LogP contribution is 2.39. The molecule has 1 heterocycles. The molecular formula is C15H15BrN2. The van der Waals surface area contributed by atoms with Gasteiger partial charge in [0.2, 0.25) is 0 Å². The van der Waals surface area contributed by atoms with Crippen LogP contribution >= 0.6 is 15.9 Å². The Morgan fingerprint density at radius 1 is 1.11 bits per heavy atom. The maximum Gasteiger partial charge on any atom is 0.106 e. The quantitative estimate of drug-likeness (QED) is 0.850. The maximum atomic E-state index is 4.19. The molecule has 3 heteroatoms. The van der Waals surface area contributed by atoms with E-state index in [4.69, 9.17) is 0 Å². The Bertz CT molecular complexity index is 515. The van der Waals surface area contributed by atoms with E-state index in [9.17, 15) is 0 Å². The third-order valence-electron chi connectivity index (χ3n) is 3.25. The van der Waals surface area contributed by atoms with Crippen LogP contribution in [0.5, 0.6) is 0 Å². The van der Waals surface area contributed by atoms with E-state index in [1.807, 2.05) is 18.3 Å². The lowest BCUT2D eigenvalue weighted by Gasteiger charge is -2.07. The fourth-order valence-corrected chi connectivity index (χ4v) is 2.24. The van der Waals surface area contributed by atoms with Crippen molar-refractivity contribution in [2.24, 2.45) is 0 Å². The summed E-state index contributed by atoms with van der Waals surface area (Å²) in [5, 5.41) is 3.37. The van der Waals surface area contributed by atoms with Crippen LogP contribution in [-0.4, -0.2) is 4.98 Å². The first-order chi connectivity index (χ1) is 8.81. The summed E-state index contributed by atoms with van der Waals surface area (Å²) in [5.74, 6) is 0.836. The molecule has 0 aliphatic heterocycles. The molecule has 3 rings (SSSR count). The van der Waals surface area contributed by atoms with Crippen molar-refractivity contribution in [1.29, 1.82) is 0 Å². The van der Waals surface area contributed by atoms with Gasteiger partial charge in [0, 0.05) is 6.54 Å². The smallest absolute Gasteiger partial charge is 0.106 e. The Morgan fingerprint density at radius 2 is 1.89 bits per heavy atom. The van der Waals surface area contributed by atoms with Gasteiger partial charge < -0.3 is 5.32 Å². The highest BCUT2D eigenvalue weighted by atomic mass is 79.9. The molecule has 1 aliphatic rings. The highest BCUT2D eigenvalue weighted by Gasteiger charge is 2.22. The summed E-state index contributed by atoms with van der Waals surface area (Å²) in [5.41, 5.74) is 3.84. The van der Waals surface area contributed by atoms with Gasteiger partial charge in [0.05, 0.1) is 11.9 Å². The molecule has 92 valence electrons. The normalized spacial score (nSPS) is 14.5. The molecule has 1 saturated carbocycles. The number of rotatable bonds is 4. The highest BCUT2D eigenvalue weighted by molar-refractivity contribution is 9.10. The molecule has 1 aromatic heterocycles.